The van der Waals surface area contributed by atoms with E-state index in [9.17, 15) is 0 Å². The molecule has 0 aliphatic carbocycles. The van der Waals surface area contributed by atoms with Crippen LogP contribution in [0, 0.1) is 6.92 Å². The lowest BCUT2D eigenvalue weighted by Crippen LogP contribution is -1.88. The summed E-state index contributed by atoms with van der Waals surface area (Å²) in [6.07, 6.45) is 6.54. The fourth-order valence-electron chi connectivity index (χ4n) is 1.61. The molecule has 1 aromatic rings. The summed E-state index contributed by atoms with van der Waals surface area (Å²) in [5.74, 6) is 0. The zero-order valence-corrected chi connectivity index (χ0v) is 10.3. The predicted molar refractivity (Wildman–Crippen MR) is 72.9 cm³/mol. The highest BCUT2D eigenvalue weighted by Crippen LogP contribution is 2.18. The normalized spacial score (nSPS) is 11.4. The van der Waals surface area contributed by atoms with Crippen molar-refractivity contribution in [2.75, 3.05) is 0 Å². The first-order valence-corrected chi connectivity index (χ1v) is 5.62. The molecular weight excluding hydrogens is 194 g/mol. The van der Waals surface area contributed by atoms with E-state index in [1.54, 1.807) is 12.4 Å². The second-order valence-corrected chi connectivity index (χ2v) is 3.74. The quantitative estimate of drug-likeness (QED) is 0.525. The number of hydrogen-bond acceptors (Lipinski definition) is 1. The molecule has 0 amide bonds. The van der Waals surface area contributed by atoms with Crippen molar-refractivity contribution in [3.63, 3.8) is 0 Å². The van der Waals surface area contributed by atoms with Crippen LogP contribution in [-0.2, 0) is 6.42 Å². The smallest absolute Gasteiger partial charge is 0.0269 e. The van der Waals surface area contributed by atoms with Crippen molar-refractivity contribution in [1.82, 2.24) is 0 Å². The van der Waals surface area contributed by atoms with Gasteiger partial charge in [0.25, 0.3) is 0 Å². The molecule has 0 spiro atoms. The van der Waals surface area contributed by atoms with E-state index < -0.39 is 0 Å². The van der Waals surface area contributed by atoms with Crippen molar-refractivity contribution in [1.29, 1.82) is 0 Å². The largest absolute Gasteiger partial charge is 0.269 e. The van der Waals surface area contributed by atoms with Crippen molar-refractivity contribution in [2.45, 2.75) is 27.2 Å². The summed E-state index contributed by atoms with van der Waals surface area (Å²) in [6.45, 7) is 10.2. The summed E-state index contributed by atoms with van der Waals surface area (Å²) in [4.78, 5) is 4.03. The highest BCUT2D eigenvalue weighted by Gasteiger charge is 1.99. The highest BCUT2D eigenvalue weighted by molar-refractivity contribution is 5.72. The molecule has 1 nitrogen and oxygen atoms in total. The van der Waals surface area contributed by atoms with Gasteiger partial charge in [-0.15, -0.1) is 0 Å². The number of nitrogens with zero attached hydrogens (tertiary/aromatic N) is 1. The van der Waals surface area contributed by atoms with Crippen LogP contribution in [0.15, 0.2) is 42.0 Å². The lowest BCUT2D eigenvalue weighted by atomic mass is 9.99. The molecule has 1 rings (SSSR count). The Hall–Kier alpha value is -1.63. The molecule has 0 saturated carbocycles. The molecule has 84 valence electrons. The Morgan fingerprint density at radius 2 is 2.19 bits per heavy atom. The van der Waals surface area contributed by atoms with Crippen LogP contribution in [0.5, 0.6) is 0 Å². The summed E-state index contributed by atoms with van der Waals surface area (Å²) in [5, 5.41) is 0. The van der Waals surface area contributed by atoms with Gasteiger partial charge in [0, 0.05) is 12.4 Å². The van der Waals surface area contributed by atoms with Crippen LogP contribution in [-0.4, -0.2) is 6.21 Å². The number of aryl methyl sites for hydroxylation is 2. The van der Waals surface area contributed by atoms with Crippen LogP contribution in [0.4, 0.5) is 0 Å². The zero-order valence-electron chi connectivity index (χ0n) is 10.3. The zero-order chi connectivity index (χ0) is 12.0. The summed E-state index contributed by atoms with van der Waals surface area (Å²) >= 11 is 0. The number of hydrogen-bond donors (Lipinski definition) is 0. The minimum Gasteiger partial charge on any atom is -0.269 e. The molecule has 0 fully saturated rings. The Kier molecular flexibility index (Phi) is 4.71. The maximum atomic E-state index is 4.03. The van der Waals surface area contributed by atoms with Crippen molar-refractivity contribution in [3.8, 4) is 0 Å². The van der Waals surface area contributed by atoms with Gasteiger partial charge in [-0.1, -0.05) is 31.7 Å². The van der Waals surface area contributed by atoms with E-state index in [1.165, 1.54) is 11.1 Å². The molecule has 1 aromatic carbocycles. The lowest BCUT2D eigenvalue weighted by molar-refractivity contribution is 1.11. The third kappa shape index (κ3) is 3.20. The second-order valence-electron chi connectivity index (χ2n) is 3.74. The first kappa shape index (κ1) is 12.4. The van der Waals surface area contributed by atoms with E-state index in [-0.39, 0.29) is 0 Å². The average Bonchev–Trinajstić information content (AvgIpc) is 2.29. The Morgan fingerprint density at radius 1 is 1.44 bits per heavy atom. The van der Waals surface area contributed by atoms with Gasteiger partial charge in [0.1, 0.15) is 0 Å². The van der Waals surface area contributed by atoms with Crippen LogP contribution in [0.25, 0.3) is 5.57 Å². The Labute approximate surface area is 98.2 Å². The topological polar surface area (TPSA) is 12.4 Å². The SMILES string of the molecule is C=C(C=CN=CC)c1ccc(CC)c(C)c1. The first-order valence-electron chi connectivity index (χ1n) is 5.62. The molecule has 0 aromatic heterocycles. The maximum absolute atomic E-state index is 4.03. The van der Waals surface area contributed by atoms with E-state index in [0.717, 1.165) is 17.6 Å². The van der Waals surface area contributed by atoms with E-state index in [0.29, 0.717) is 0 Å². The third-order valence-electron chi connectivity index (χ3n) is 2.61. The van der Waals surface area contributed by atoms with Gasteiger partial charge in [0.2, 0.25) is 0 Å². The summed E-state index contributed by atoms with van der Waals surface area (Å²) in [6, 6.07) is 6.47. The Balaban J connectivity index is 2.89. The molecular formula is C15H19N. The predicted octanol–water partition coefficient (Wildman–Crippen LogP) is 4.18. The standard InChI is InChI=1S/C15H19N/c1-5-14-7-8-15(11-13(14)4)12(3)9-10-16-6-2/h6-11H,3,5H2,1-2,4H3. The minimum atomic E-state index is 0.997. The van der Waals surface area contributed by atoms with Crippen molar-refractivity contribution in [3.05, 3.63) is 53.7 Å². The summed E-state index contributed by atoms with van der Waals surface area (Å²) in [5.41, 5.74) is 4.88. The van der Waals surface area contributed by atoms with Gasteiger partial charge in [0.15, 0.2) is 0 Å². The molecule has 0 unspecified atom stereocenters. The molecule has 1 heteroatoms. The van der Waals surface area contributed by atoms with Crippen LogP contribution >= 0.6 is 0 Å². The van der Waals surface area contributed by atoms with E-state index >= 15 is 0 Å². The van der Waals surface area contributed by atoms with Gasteiger partial charge in [-0.2, -0.15) is 0 Å². The van der Waals surface area contributed by atoms with Crippen molar-refractivity contribution >= 4 is 11.8 Å². The molecule has 0 saturated heterocycles. The van der Waals surface area contributed by atoms with Crippen LogP contribution in [0.2, 0.25) is 0 Å². The van der Waals surface area contributed by atoms with Gasteiger partial charge in [-0.3, -0.25) is 4.99 Å². The molecule has 0 atom stereocenters. The van der Waals surface area contributed by atoms with E-state index in [1.807, 2.05) is 13.0 Å². The van der Waals surface area contributed by atoms with Gasteiger partial charge in [-0.25, -0.2) is 0 Å². The van der Waals surface area contributed by atoms with Crippen molar-refractivity contribution in [2.24, 2.45) is 4.99 Å². The van der Waals surface area contributed by atoms with Gasteiger partial charge >= 0.3 is 0 Å². The molecule has 0 N–H and O–H groups in total. The Bertz CT molecular complexity index is 425. The lowest BCUT2D eigenvalue weighted by Gasteiger charge is -2.06. The number of benzene rings is 1. The van der Waals surface area contributed by atoms with Gasteiger partial charge < -0.3 is 0 Å². The first-order chi connectivity index (χ1) is 7.69. The Morgan fingerprint density at radius 3 is 2.75 bits per heavy atom. The van der Waals surface area contributed by atoms with E-state index in [2.05, 4.69) is 43.6 Å². The fourth-order valence-corrected chi connectivity index (χ4v) is 1.61. The average molecular weight is 213 g/mol. The summed E-state index contributed by atoms with van der Waals surface area (Å²) in [7, 11) is 0. The minimum absolute atomic E-state index is 0.997. The third-order valence-corrected chi connectivity index (χ3v) is 2.61. The molecule has 0 heterocycles. The fraction of sp³-hybridized carbons (Fsp3) is 0.267. The number of aliphatic imine (C=N–C) groups is 1. The van der Waals surface area contributed by atoms with Gasteiger partial charge in [-0.05, 0) is 48.6 Å². The molecule has 0 bridgehead atoms. The van der Waals surface area contributed by atoms with Crippen LogP contribution in [0.1, 0.15) is 30.5 Å². The number of allylic oxidation sites excluding steroid dienone is 2. The maximum Gasteiger partial charge on any atom is 0.0269 e. The van der Waals surface area contributed by atoms with E-state index in [4.69, 9.17) is 0 Å². The summed E-state index contributed by atoms with van der Waals surface area (Å²) < 4.78 is 0. The van der Waals surface area contributed by atoms with Crippen LogP contribution in [0.3, 0.4) is 0 Å². The molecule has 0 radical (unpaired) electrons. The molecule has 16 heavy (non-hydrogen) atoms. The molecule has 0 aliphatic rings. The molecule has 0 aliphatic heterocycles. The van der Waals surface area contributed by atoms with Gasteiger partial charge in [0.05, 0.1) is 0 Å². The van der Waals surface area contributed by atoms with Crippen molar-refractivity contribution < 1.29 is 0 Å². The monoisotopic (exact) mass is 213 g/mol. The number of rotatable bonds is 4. The second kappa shape index (κ2) is 6.06. The van der Waals surface area contributed by atoms with Crippen LogP contribution < -0.4 is 0 Å². The highest BCUT2D eigenvalue weighted by atomic mass is 14.6.